The summed E-state index contributed by atoms with van der Waals surface area (Å²) >= 11 is 1.49. The van der Waals surface area contributed by atoms with Crippen LogP contribution in [-0.4, -0.2) is 41.2 Å². The van der Waals surface area contributed by atoms with Gasteiger partial charge in [0, 0.05) is 31.4 Å². The van der Waals surface area contributed by atoms with Crippen LogP contribution in [0.25, 0.3) is 10.2 Å². The second kappa shape index (κ2) is 8.82. The van der Waals surface area contributed by atoms with Crippen LogP contribution in [0.3, 0.4) is 0 Å². The number of nitrogens with zero attached hydrogens (tertiary/aromatic N) is 4. The average Bonchev–Trinajstić information content (AvgIpc) is 3.51. The molecule has 1 fully saturated rings. The maximum absolute atomic E-state index is 13.3. The lowest BCUT2D eigenvalue weighted by Gasteiger charge is -2.23. The molecule has 2 aromatic heterocycles. The van der Waals surface area contributed by atoms with Gasteiger partial charge in [-0.1, -0.05) is 24.2 Å². The second-order valence-corrected chi connectivity index (χ2v) is 8.25. The van der Waals surface area contributed by atoms with Crippen molar-refractivity contribution in [2.45, 2.75) is 38.6 Å². The predicted octanol–water partition coefficient (Wildman–Crippen LogP) is 4.12. The number of carbonyl (C=O) groups excluding carboxylic acids is 1. The number of hydrogen-bond acceptors (Lipinski definition) is 6. The number of hydrogen-bond donors (Lipinski definition) is 0. The lowest BCUT2D eigenvalue weighted by molar-refractivity contribution is -0.122. The molecule has 1 saturated carbocycles. The molecule has 7 nitrogen and oxygen atoms in total. The number of aromatic nitrogens is 3. The quantitative estimate of drug-likeness (QED) is 0.554. The van der Waals surface area contributed by atoms with Gasteiger partial charge in [0.15, 0.2) is 5.13 Å². The predicted molar refractivity (Wildman–Crippen MR) is 114 cm³/mol. The van der Waals surface area contributed by atoms with E-state index < -0.39 is 0 Å². The van der Waals surface area contributed by atoms with Crippen molar-refractivity contribution in [3.63, 3.8) is 0 Å². The molecular weight excluding hydrogens is 388 g/mol. The van der Waals surface area contributed by atoms with Crippen molar-refractivity contribution < 1.29 is 14.3 Å². The van der Waals surface area contributed by atoms with Crippen molar-refractivity contribution in [3.05, 3.63) is 30.9 Å². The van der Waals surface area contributed by atoms with E-state index in [-0.39, 0.29) is 11.8 Å². The number of imidazole rings is 1. The fourth-order valence-electron chi connectivity index (χ4n) is 3.91. The van der Waals surface area contributed by atoms with Crippen LogP contribution in [0.2, 0.25) is 0 Å². The summed E-state index contributed by atoms with van der Waals surface area (Å²) in [5, 5.41) is 0.713. The monoisotopic (exact) mass is 414 g/mol. The van der Waals surface area contributed by atoms with E-state index in [0.29, 0.717) is 17.4 Å². The molecule has 1 aliphatic rings. The lowest BCUT2D eigenvalue weighted by Crippen LogP contribution is -2.36. The summed E-state index contributed by atoms with van der Waals surface area (Å²) in [4.78, 5) is 24.1. The van der Waals surface area contributed by atoms with Gasteiger partial charge < -0.3 is 14.0 Å². The molecule has 0 saturated heterocycles. The van der Waals surface area contributed by atoms with Gasteiger partial charge in [-0.25, -0.2) is 9.97 Å². The fraction of sp³-hybridized carbons (Fsp3) is 0.476. The number of anilines is 1. The Hall–Kier alpha value is -2.61. The molecule has 1 amide bonds. The van der Waals surface area contributed by atoms with Crippen LogP contribution in [0.1, 0.15) is 32.1 Å². The summed E-state index contributed by atoms with van der Waals surface area (Å²) in [7, 11) is 3.28. The number of ether oxygens (including phenoxy) is 2. The van der Waals surface area contributed by atoms with Crippen molar-refractivity contribution in [1.82, 2.24) is 14.5 Å². The van der Waals surface area contributed by atoms with Crippen molar-refractivity contribution in [2.24, 2.45) is 5.92 Å². The van der Waals surface area contributed by atoms with Crippen LogP contribution in [-0.2, 0) is 11.3 Å². The molecule has 8 heteroatoms. The number of methoxy groups -OCH3 is 2. The Morgan fingerprint density at radius 2 is 2.00 bits per heavy atom. The van der Waals surface area contributed by atoms with Gasteiger partial charge in [0.25, 0.3) is 0 Å². The molecule has 0 spiro atoms. The average molecular weight is 415 g/mol. The van der Waals surface area contributed by atoms with Gasteiger partial charge in [0.1, 0.15) is 21.7 Å². The fourth-order valence-corrected chi connectivity index (χ4v) is 5.02. The lowest BCUT2D eigenvalue weighted by atomic mass is 10.1. The third-order valence-corrected chi connectivity index (χ3v) is 6.55. The third kappa shape index (κ3) is 4.07. The van der Waals surface area contributed by atoms with E-state index in [2.05, 4.69) is 4.98 Å². The van der Waals surface area contributed by atoms with Crippen LogP contribution in [0.15, 0.2) is 30.9 Å². The number of aryl methyl sites for hydroxylation is 1. The second-order valence-electron chi connectivity index (χ2n) is 7.27. The van der Waals surface area contributed by atoms with E-state index in [1.807, 2.05) is 27.8 Å². The molecule has 0 aliphatic heterocycles. The van der Waals surface area contributed by atoms with E-state index in [9.17, 15) is 4.79 Å². The van der Waals surface area contributed by atoms with Crippen LogP contribution in [0, 0.1) is 5.92 Å². The number of carbonyl (C=O) groups is 1. The minimum Gasteiger partial charge on any atom is -0.495 e. The van der Waals surface area contributed by atoms with E-state index in [1.54, 1.807) is 26.7 Å². The summed E-state index contributed by atoms with van der Waals surface area (Å²) in [6.07, 6.45) is 10.5. The Kier molecular flexibility index (Phi) is 5.99. The van der Waals surface area contributed by atoms with Gasteiger partial charge in [0.05, 0.1) is 20.5 Å². The first-order valence-electron chi connectivity index (χ1n) is 10.00. The summed E-state index contributed by atoms with van der Waals surface area (Å²) in [6, 6.07) is 3.73. The summed E-state index contributed by atoms with van der Waals surface area (Å²) in [5.74, 6) is 1.72. The van der Waals surface area contributed by atoms with Gasteiger partial charge in [-0.3, -0.25) is 9.69 Å². The van der Waals surface area contributed by atoms with Gasteiger partial charge in [-0.15, -0.1) is 0 Å². The standard InChI is InChI=1S/C21H26N4O3S/c1-27-16-8-9-17(28-2)19-18(16)23-21(29-19)25(20(26)15-6-3-4-7-15)12-5-11-24-13-10-22-14-24/h8-10,13-15H,3-7,11-12H2,1-2H3. The summed E-state index contributed by atoms with van der Waals surface area (Å²) in [6.45, 7) is 1.43. The smallest absolute Gasteiger partial charge is 0.231 e. The highest BCUT2D eigenvalue weighted by Crippen LogP contribution is 2.41. The van der Waals surface area contributed by atoms with E-state index >= 15 is 0 Å². The van der Waals surface area contributed by atoms with E-state index in [0.717, 1.165) is 54.6 Å². The molecule has 0 atom stereocenters. The SMILES string of the molecule is COc1ccc(OC)c2sc(N(CCCn3ccnc3)C(=O)C3CCCC3)nc12. The highest BCUT2D eigenvalue weighted by atomic mass is 32.1. The zero-order valence-corrected chi connectivity index (χ0v) is 17.7. The zero-order chi connectivity index (χ0) is 20.2. The molecule has 0 unspecified atom stereocenters. The van der Waals surface area contributed by atoms with E-state index in [1.165, 1.54) is 11.3 Å². The molecular formula is C21H26N4O3S. The molecule has 0 N–H and O–H groups in total. The highest BCUT2D eigenvalue weighted by Gasteiger charge is 2.30. The maximum Gasteiger partial charge on any atom is 0.231 e. The van der Waals surface area contributed by atoms with Gasteiger partial charge in [-0.05, 0) is 31.4 Å². The minimum absolute atomic E-state index is 0.0963. The Balaban J connectivity index is 1.64. The van der Waals surface area contributed by atoms with Gasteiger partial charge in [0.2, 0.25) is 5.91 Å². The van der Waals surface area contributed by atoms with Crippen LogP contribution in [0.5, 0.6) is 11.5 Å². The Morgan fingerprint density at radius 1 is 1.24 bits per heavy atom. The Morgan fingerprint density at radius 3 is 2.69 bits per heavy atom. The molecule has 2 heterocycles. The van der Waals surface area contributed by atoms with Gasteiger partial charge >= 0.3 is 0 Å². The molecule has 1 aliphatic carbocycles. The van der Waals surface area contributed by atoms with Crippen LogP contribution < -0.4 is 14.4 Å². The zero-order valence-electron chi connectivity index (χ0n) is 16.8. The Bertz CT molecular complexity index is 923. The topological polar surface area (TPSA) is 69.5 Å². The molecule has 1 aromatic carbocycles. The molecule has 0 bridgehead atoms. The Labute approximate surface area is 174 Å². The highest BCUT2D eigenvalue weighted by molar-refractivity contribution is 7.22. The minimum atomic E-state index is 0.0963. The number of amides is 1. The van der Waals surface area contributed by atoms with E-state index in [4.69, 9.17) is 14.5 Å². The largest absolute Gasteiger partial charge is 0.495 e. The summed E-state index contributed by atoms with van der Waals surface area (Å²) < 4.78 is 13.9. The van der Waals surface area contributed by atoms with Crippen molar-refractivity contribution >= 4 is 32.6 Å². The van der Waals surface area contributed by atoms with Gasteiger partial charge in [-0.2, -0.15) is 0 Å². The molecule has 4 rings (SSSR count). The number of rotatable bonds is 8. The number of benzene rings is 1. The number of fused-ring (bicyclic) bond motifs is 1. The normalized spacial score (nSPS) is 14.4. The molecule has 0 radical (unpaired) electrons. The maximum atomic E-state index is 13.3. The van der Waals surface area contributed by atoms with Crippen molar-refractivity contribution in [3.8, 4) is 11.5 Å². The summed E-state index contributed by atoms with van der Waals surface area (Å²) in [5.41, 5.74) is 0.741. The van der Waals surface area contributed by atoms with Crippen LogP contribution >= 0.6 is 11.3 Å². The molecule has 154 valence electrons. The van der Waals surface area contributed by atoms with Crippen molar-refractivity contribution in [2.75, 3.05) is 25.7 Å². The molecule has 3 aromatic rings. The first kappa shape index (κ1) is 19.7. The van der Waals surface area contributed by atoms with Crippen molar-refractivity contribution in [1.29, 1.82) is 0 Å². The first-order valence-corrected chi connectivity index (χ1v) is 10.8. The third-order valence-electron chi connectivity index (χ3n) is 5.46. The number of thiazole rings is 1. The first-order chi connectivity index (χ1) is 14.2. The van der Waals surface area contributed by atoms with Crippen LogP contribution in [0.4, 0.5) is 5.13 Å². The molecule has 29 heavy (non-hydrogen) atoms.